The lowest BCUT2D eigenvalue weighted by atomic mass is 10.0. The zero-order valence-electron chi connectivity index (χ0n) is 33.6. The van der Waals surface area contributed by atoms with Crippen LogP contribution in [0.15, 0.2) is 60.9 Å². The van der Waals surface area contributed by atoms with Crippen molar-refractivity contribution in [3.8, 4) is 0 Å². The van der Waals surface area contributed by atoms with Crippen LogP contribution in [0.4, 0.5) is 0 Å². The van der Waals surface area contributed by atoms with Crippen LogP contribution in [0.1, 0.15) is 43.7 Å². The smallest absolute Gasteiger partial charge is 0.323 e. The van der Waals surface area contributed by atoms with E-state index in [9.17, 15) is 49.2 Å². The number of carboxylic acid groups (broad SMARTS) is 1. The summed E-state index contributed by atoms with van der Waals surface area (Å²) in [6, 6.07) is 8.96. The zero-order valence-corrected chi connectivity index (χ0v) is 33.6. The number of hydrogen-bond acceptors (Lipinski definition) is 10. The summed E-state index contributed by atoms with van der Waals surface area (Å²) in [5.41, 5.74) is 0.305. The Morgan fingerprint density at radius 3 is 2.17 bits per heavy atom. The SMILES string of the molecule is CCCC[C@@H](C(=O)N(C)C)N(C)C(=O)[C@H](Cc1cn(CC(=O)O)c2ccccc12)NC(=O)[C@H](CO)NC(=O)[C@H](Cc1c[nH]c2ccccc12)NC(=O)[C@@]1(O)C[C@@H](O)CN1. The van der Waals surface area contributed by atoms with Crippen molar-refractivity contribution >= 4 is 57.3 Å². The molecule has 318 valence electrons. The third kappa shape index (κ3) is 10.4. The Labute approximate surface area is 340 Å². The molecule has 2 aromatic carbocycles. The van der Waals surface area contributed by atoms with Crippen LogP contribution in [0.25, 0.3) is 21.8 Å². The van der Waals surface area contributed by atoms with Gasteiger partial charge in [0.05, 0.1) is 12.7 Å². The molecule has 0 spiro atoms. The van der Waals surface area contributed by atoms with Crippen molar-refractivity contribution < 1.29 is 49.2 Å². The van der Waals surface area contributed by atoms with Gasteiger partial charge in [-0.1, -0.05) is 56.2 Å². The molecule has 5 rings (SSSR count). The fourth-order valence-electron chi connectivity index (χ4n) is 7.45. The van der Waals surface area contributed by atoms with E-state index < -0.39 is 72.2 Å². The number of aromatic amines is 1. The lowest BCUT2D eigenvalue weighted by molar-refractivity contribution is -0.146. The molecule has 18 heteroatoms. The maximum absolute atomic E-state index is 14.5. The van der Waals surface area contributed by atoms with E-state index in [4.69, 9.17) is 0 Å². The van der Waals surface area contributed by atoms with Crippen molar-refractivity contribution in [3.05, 3.63) is 72.1 Å². The number of likely N-dealkylation sites (N-methyl/N-ethyl adjacent to an activating group) is 2. The molecule has 9 N–H and O–H groups in total. The van der Waals surface area contributed by atoms with Crippen LogP contribution in [-0.2, 0) is 48.2 Å². The third-order valence-electron chi connectivity index (χ3n) is 10.7. The highest BCUT2D eigenvalue weighted by Gasteiger charge is 2.44. The number of carbonyl (C=O) groups excluding carboxylic acids is 5. The first-order valence-corrected chi connectivity index (χ1v) is 19.6. The lowest BCUT2D eigenvalue weighted by Crippen LogP contribution is -2.62. The number of nitrogens with zero attached hydrogens (tertiary/aromatic N) is 3. The zero-order chi connectivity index (χ0) is 43.0. The molecule has 0 aliphatic carbocycles. The number of H-pyrrole nitrogens is 1. The average Bonchev–Trinajstić information content (AvgIpc) is 3.90. The number of aromatic nitrogens is 2. The van der Waals surface area contributed by atoms with E-state index >= 15 is 0 Å². The van der Waals surface area contributed by atoms with Gasteiger partial charge in [-0.3, -0.25) is 34.1 Å². The quantitative estimate of drug-likeness (QED) is 0.0588. The molecular formula is C41H54N8O10. The van der Waals surface area contributed by atoms with E-state index in [0.29, 0.717) is 34.9 Å². The topological polar surface area (TPSA) is 259 Å². The van der Waals surface area contributed by atoms with Gasteiger partial charge in [0.2, 0.25) is 23.6 Å². The molecule has 18 nitrogen and oxygen atoms in total. The predicted octanol–water partition coefficient (Wildman–Crippen LogP) is -0.413. The maximum atomic E-state index is 14.5. The van der Waals surface area contributed by atoms with Crippen LogP contribution in [0.3, 0.4) is 0 Å². The molecule has 1 fully saturated rings. The summed E-state index contributed by atoms with van der Waals surface area (Å²) in [4.78, 5) is 86.8. The minimum absolute atomic E-state index is 0.0617. The first kappa shape index (κ1) is 44.3. The molecule has 6 atom stereocenters. The van der Waals surface area contributed by atoms with Crippen LogP contribution < -0.4 is 21.3 Å². The van der Waals surface area contributed by atoms with Crippen LogP contribution in [0.2, 0.25) is 0 Å². The second-order valence-electron chi connectivity index (χ2n) is 15.2. The minimum atomic E-state index is -2.18. The number of rotatable bonds is 19. The number of aliphatic hydroxyl groups excluding tert-OH is 2. The summed E-state index contributed by atoms with van der Waals surface area (Å²) < 4.78 is 1.51. The van der Waals surface area contributed by atoms with Crippen molar-refractivity contribution in [3.63, 3.8) is 0 Å². The van der Waals surface area contributed by atoms with E-state index in [-0.39, 0.29) is 38.3 Å². The summed E-state index contributed by atoms with van der Waals surface area (Å²) >= 11 is 0. The van der Waals surface area contributed by atoms with Gasteiger partial charge in [0.25, 0.3) is 5.91 Å². The van der Waals surface area contributed by atoms with Gasteiger partial charge in [-0.2, -0.15) is 0 Å². The number of unbranched alkanes of at least 4 members (excludes halogenated alkanes) is 1. The number of hydrogen-bond donors (Lipinski definition) is 9. The Kier molecular flexibility index (Phi) is 14.5. The highest BCUT2D eigenvalue weighted by molar-refractivity contribution is 5.97. The number of benzene rings is 2. The molecule has 0 saturated carbocycles. The predicted molar refractivity (Wildman–Crippen MR) is 217 cm³/mol. The van der Waals surface area contributed by atoms with Gasteiger partial charge < -0.3 is 55.7 Å². The summed E-state index contributed by atoms with van der Waals surface area (Å²) in [7, 11) is 4.62. The first-order valence-electron chi connectivity index (χ1n) is 19.6. The molecule has 4 aromatic rings. The number of β-amino-alcohol motifs (C(OH)–C–C–N with tert-alkyl or cyclic N) is 1. The molecule has 0 bridgehead atoms. The molecule has 1 saturated heterocycles. The molecule has 0 unspecified atom stereocenters. The van der Waals surface area contributed by atoms with Crippen molar-refractivity contribution in [2.24, 2.45) is 0 Å². The monoisotopic (exact) mass is 818 g/mol. The molecular weight excluding hydrogens is 764 g/mol. The Bertz CT molecular complexity index is 2170. The van der Waals surface area contributed by atoms with Gasteiger partial charge in [-0.25, -0.2) is 0 Å². The van der Waals surface area contributed by atoms with Crippen LogP contribution in [-0.4, -0.2) is 146 Å². The number of carbonyl (C=O) groups is 6. The third-order valence-corrected chi connectivity index (χ3v) is 10.7. The van der Waals surface area contributed by atoms with Crippen LogP contribution in [0, 0.1) is 0 Å². The van der Waals surface area contributed by atoms with Gasteiger partial charge in [0.15, 0.2) is 5.72 Å². The van der Waals surface area contributed by atoms with E-state index in [0.717, 1.165) is 17.3 Å². The normalized spacial score (nSPS) is 18.5. The Morgan fingerprint density at radius 2 is 1.53 bits per heavy atom. The molecule has 0 radical (unpaired) electrons. The van der Waals surface area contributed by atoms with Crippen LogP contribution in [0.5, 0.6) is 0 Å². The van der Waals surface area contributed by atoms with E-state index in [1.54, 1.807) is 56.8 Å². The van der Waals surface area contributed by atoms with Gasteiger partial charge in [-0.15, -0.1) is 0 Å². The average molecular weight is 819 g/mol. The molecule has 59 heavy (non-hydrogen) atoms. The standard InChI is InChI=1S/C41H54N8O10/c1-5-6-14-34(39(57)47(2)3)48(4)38(56)31(17-25-21-49(22-35(52)53)33-15-10-8-12-28(25)33)44-37(55)32(23-50)45-36(54)30(46-40(58)41(59)18-26(51)20-43-41)16-24-19-42-29-13-9-7-11-27(24)29/h7-13,15,19,21,26,30-32,34,42-43,50-51,59H,5-6,14,16-18,20,22-23H2,1-4H3,(H,44,55)(H,45,54)(H,46,58)(H,52,53)/t26-,30+,31+,32+,34+,41+/m1/s1. The fourth-order valence-corrected chi connectivity index (χ4v) is 7.45. The lowest BCUT2D eigenvalue weighted by Gasteiger charge is -2.33. The van der Waals surface area contributed by atoms with Crippen molar-refractivity contribution in [1.29, 1.82) is 0 Å². The number of fused-ring (bicyclic) bond motifs is 2. The summed E-state index contributed by atoms with van der Waals surface area (Å²) in [6.45, 7) is 0.598. The van der Waals surface area contributed by atoms with Gasteiger partial charge in [-0.05, 0) is 29.7 Å². The van der Waals surface area contributed by atoms with Crippen molar-refractivity contribution in [1.82, 2.24) is 40.6 Å². The maximum Gasteiger partial charge on any atom is 0.323 e. The number of nitrogens with one attached hydrogen (secondary N) is 5. The number of amides is 5. The Balaban J connectivity index is 1.44. The molecule has 3 heterocycles. The van der Waals surface area contributed by atoms with E-state index in [1.165, 1.54) is 21.4 Å². The number of aliphatic hydroxyl groups is 3. The van der Waals surface area contributed by atoms with E-state index in [1.807, 2.05) is 25.1 Å². The largest absolute Gasteiger partial charge is 0.480 e. The number of carboxylic acids is 1. The van der Waals surface area contributed by atoms with Gasteiger partial charge >= 0.3 is 5.97 Å². The van der Waals surface area contributed by atoms with Crippen molar-refractivity contribution in [2.45, 2.75) is 88.0 Å². The minimum Gasteiger partial charge on any atom is -0.480 e. The van der Waals surface area contributed by atoms with Crippen molar-refractivity contribution in [2.75, 3.05) is 34.3 Å². The number of para-hydroxylation sites is 2. The summed E-state index contributed by atoms with van der Waals surface area (Å²) in [5, 5.41) is 52.7. The Hall–Kier alpha value is -5.82. The van der Waals surface area contributed by atoms with Gasteiger partial charge in [0, 0.05) is 81.1 Å². The highest BCUT2D eigenvalue weighted by atomic mass is 16.4. The molecule has 1 aliphatic heterocycles. The second kappa shape index (κ2) is 19.3. The number of aliphatic carboxylic acids is 1. The second-order valence-corrected chi connectivity index (χ2v) is 15.2. The molecule has 2 aromatic heterocycles. The molecule has 5 amide bonds. The van der Waals surface area contributed by atoms with Crippen LogP contribution >= 0.6 is 0 Å². The van der Waals surface area contributed by atoms with Gasteiger partial charge in [0.1, 0.15) is 30.7 Å². The molecule has 1 aliphatic rings. The fraction of sp³-hybridized carbons (Fsp3) is 0.463. The van der Waals surface area contributed by atoms with E-state index in [2.05, 4.69) is 26.3 Å². The highest BCUT2D eigenvalue weighted by Crippen LogP contribution is 2.25. The Morgan fingerprint density at radius 1 is 0.881 bits per heavy atom. The summed E-state index contributed by atoms with van der Waals surface area (Å²) in [6.07, 6.45) is 3.36. The first-order chi connectivity index (χ1) is 28.1. The summed E-state index contributed by atoms with van der Waals surface area (Å²) in [5.74, 6) is -4.90.